The largest absolute Gasteiger partial charge is 0.268 e. The average molecular weight is 406 g/mol. The van der Waals surface area contributed by atoms with Gasteiger partial charge in [-0.3, -0.25) is 14.3 Å². The number of rotatable bonds is 4. The van der Waals surface area contributed by atoms with Crippen LogP contribution in [-0.4, -0.2) is 14.5 Å². The number of pyridine rings is 1. The first-order chi connectivity index (χ1) is 15.2. The van der Waals surface area contributed by atoms with Crippen molar-refractivity contribution in [1.82, 2.24) is 14.5 Å². The highest BCUT2D eigenvalue weighted by molar-refractivity contribution is 5.85. The molecule has 0 bridgehead atoms. The lowest BCUT2D eigenvalue weighted by Gasteiger charge is -2.15. The van der Waals surface area contributed by atoms with Gasteiger partial charge in [-0.15, -0.1) is 0 Å². The Morgan fingerprint density at radius 1 is 0.903 bits per heavy atom. The van der Waals surface area contributed by atoms with Crippen LogP contribution in [-0.2, 0) is 0 Å². The molecule has 2 heterocycles. The van der Waals surface area contributed by atoms with Crippen LogP contribution in [0.5, 0.6) is 0 Å². The maximum Gasteiger partial charge on any atom is 0.266 e. The van der Waals surface area contributed by atoms with E-state index >= 15 is 0 Å². The van der Waals surface area contributed by atoms with Gasteiger partial charge in [0.05, 0.1) is 22.1 Å². The van der Waals surface area contributed by atoms with Crippen molar-refractivity contribution in [2.24, 2.45) is 0 Å². The van der Waals surface area contributed by atoms with Crippen molar-refractivity contribution in [2.75, 3.05) is 0 Å². The number of aromatic nitrogens is 3. The molecule has 0 aliphatic rings. The van der Waals surface area contributed by atoms with E-state index in [1.54, 1.807) is 10.8 Å². The predicted molar refractivity (Wildman–Crippen MR) is 127 cm³/mol. The molecule has 152 valence electrons. The summed E-state index contributed by atoms with van der Waals surface area (Å²) in [6, 6.07) is 25.7. The van der Waals surface area contributed by atoms with Gasteiger partial charge in [0.25, 0.3) is 5.56 Å². The first kappa shape index (κ1) is 19.2. The van der Waals surface area contributed by atoms with Gasteiger partial charge in [-0.2, -0.15) is 0 Å². The van der Waals surface area contributed by atoms with Crippen LogP contribution in [0.15, 0.2) is 89.9 Å². The molecule has 0 fully saturated rings. The van der Waals surface area contributed by atoms with E-state index in [0.29, 0.717) is 22.6 Å². The lowest BCUT2D eigenvalue weighted by molar-refractivity contribution is 0.733. The Labute approximate surface area is 180 Å². The Bertz CT molecular complexity index is 1450. The van der Waals surface area contributed by atoms with Crippen LogP contribution in [0.25, 0.3) is 38.9 Å². The van der Waals surface area contributed by atoms with Crippen molar-refractivity contribution in [3.05, 3.63) is 101 Å². The van der Waals surface area contributed by atoms with Crippen LogP contribution in [0, 0.1) is 0 Å². The lowest BCUT2D eigenvalue weighted by atomic mass is 9.98. The quantitative estimate of drug-likeness (QED) is 0.362. The Hall–Kier alpha value is -3.79. The average Bonchev–Trinajstić information content (AvgIpc) is 2.83. The summed E-state index contributed by atoms with van der Waals surface area (Å²) in [5, 5.41) is 1.62. The maximum atomic E-state index is 13.6. The van der Waals surface area contributed by atoms with E-state index in [4.69, 9.17) is 4.98 Å². The molecule has 0 saturated carbocycles. The molecule has 2 aromatic heterocycles. The summed E-state index contributed by atoms with van der Waals surface area (Å²) in [5.41, 5.74) is 4.40. The third-order valence-electron chi connectivity index (χ3n) is 5.96. The number of hydrogen-bond acceptors (Lipinski definition) is 3. The van der Waals surface area contributed by atoms with E-state index in [1.807, 2.05) is 66.7 Å². The van der Waals surface area contributed by atoms with Gasteiger partial charge in [-0.1, -0.05) is 56.3 Å². The second-order valence-electron chi connectivity index (χ2n) is 7.91. The molecule has 0 saturated heterocycles. The molecular weight excluding hydrogens is 382 g/mol. The molecule has 0 unspecified atom stereocenters. The maximum absolute atomic E-state index is 13.6. The summed E-state index contributed by atoms with van der Waals surface area (Å²) in [5.74, 6) is 1.07. The Kier molecular flexibility index (Phi) is 4.83. The van der Waals surface area contributed by atoms with Crippen molar-refractivity contribution < 1.29 is 0 Å². The molecule has 4 heteroatoms. The zero-order valence-electron chi connectivity index (χ0n) is 17.6. The number of nitrogens with zero attached hydrogens (tertiary/aromatic N) is 3. The second kappa shape index (κ2) is 7.80. The van der Waals surface area contributed by atoms with Gasteiger partial charge >= 0.3 is 0 Å². The van der Waals surface area contributed by atoms with E-state index in [0.717, 1.165) is 28.6 Å². The minimum Gasteiger partial charge on any atom is -0.268 e. The fourth-order valence-electron chi connectivity index (χ4n) is 3.95. The molecule has 4 nitrogen and oxygen atoms in total. The predicted octanol–water partition coefficient (Wildman–Crippen LogP) is 6.11. The van der Waals surface area contributed by atoms with Gasteiger partial charge in [0.1, 0.15) is 5.82 Å². The zero-order valence-corrected chi connectivity index (χ0v) is 17.6. The van der Waals surface area contributed by atoms with Crippen molar-refractivity contribution in [1.29, 1.82) is 0 Å². The third-order valence-corrected chi connectivity index (χ3v) is 5.96. The monoisotopic (exact) mass is 405 g/mol. The fraction of sp³-hybridized carbons (Fsp3) is 0.148. The summed E-state index contributed by atoms with van der Waals surface area (Å²) in [6.07, 6.45) is 2.87. The van der Waals surface area contributed by atoms with Crippen molar-refractivity contribution in [2.45, 2.75) is 26.2 Å². The number of para-hydroxylation sites is 2. The summed E-state index contributed by atoms with van der Waals surface area (Å²) in [6.45, 7) is 4.39. The molecule has 0 aliphatic carbocycles. The Morgan fingerprint density at radius 2 is 1.61 bits per heavy atom. The van der Waals surface area contributed by atoms with Gasteiger partial charge in [0.2, 0.25) is 0 Å². The highest BCUT2D eigenvalue weighted by Gasteiger charge is 2.15. The van der Waals surface area contributed by atoms with Gasteiger partial charge < -0.3 is 0 Å². The molecule has 0 radical (unpaired) electrons. The van der Waals surface area contributed by atoms with Crippen LogP contribution in [0.4, 0.5) is 0 Å². The molecule has 1 atom stereocenters. The first-order valence-electron chi connectivity index (χ1n) is 10.6. The van der Waals surface area contributed by atoms with Gasteiger partial charge in [0.15, 0.2) is 0 Å². The highest BCUT2D eigenvalue weighted by Crippen LogP contribution is 2.26. The van der Waals surface area contributed by atoms with Crippen LogP contribution in [0.2, 0.25) is 0 Å². The molecule has 0 aliphatic heterocycles. The van der Waals surface area contributed by atoms with E-state index in [1.165, 1.54) is 5.56 Å². The highest BCUT2D eigenvalue weighted by atomic mass is 16.1. The van der Waals surface area contributed by atoms with Gasteiger partial charge in [-0.05, 0) is 54.3 Å². The van der Waals surface area contributed by atoms with Crippen molar-refractivity contribution in [3.63, 3.8) is 0 Å². The second-order valence-corrected chi connectivity index (χ2v) is 7.91. The number of benzene rings is 3. The zero-order chi connectivity index (χ0) is 21.4. The number of hydrogen-bond donors (Lipinski definition) is 0. The smallest absolute Gasteiger partial charge is 0.266 e. The molecule has 31 heavy (non-hydrogen) atoms. The topological polar surface area (TPSA) is 47.8 Å². The molecule has 5 rings (SSSR count). The Morgan fingerprint density at radius 3 is 2.39 bits per heavy atom. The standard InChI is InChI=1S/C27H23N3O/c1-3-18(2)19-12-14-22(15-13-19)30-26(29-25-11-7-5-9-23(25)27(30)31)21-16-20-8-4-6-10-24(20)28-17-21/h4-18H,3H2,1-2H3/t18-/m1/s1. The van der Waals surface area contributed by atoms with Crippen LogP contribution < -0.4 is 5.56 Å². The van der Waals surface area contributed by atoms with Crippen LogP contribution >= 0.6 is 0 Å². The third kappa shape index (κ3) is 3.40. The summed E-state index contributed by atoms with van der Waals surface area (Å²) < 4.78 is 1.70. The molecular formula is C27H23N3O. The van der Waals surface area contributed by atoms with Crippen molar-refractivity contribution in [3.8, 4) is 17.1 Å². The van der Waals surface area contributed by atoms with E-state index < -0.39 is 0 Å². The van der Waals surface area contributed by atoms with E-state index in [-0.39, 0.29) is 5.56 Å². The van der Waals surface area contributed by atoms with Crippen LogP contribution in [0.3, 0.4) is 0 Å². The molecule has 0 N–H and O–H groups in total. The molecule has 5 aromatic rings. The first-order valence-corrected chi connectivity index (χ1v) is 10.6. The summed E-state index contributed by atoms with van der Waals surface area (Å²) >= 11 is 0. The SMILES string of the molecule is CC[C@@H](C)c1ccc(-n2c(-c3cnc4ccccc4c3)nc3ccccc3c2=O)cc1. The van der Waals surface area contributed by atoms with Gasteiger partial charge in [0, 0.05) is 17.1 Å². The summed E-state index contributed by atoms with van der Waals surface area (Å²) in [7, 11) is 0. The van der Waals surface area contributed by atoms with E-state index in [2.05, 4.69) is 31.0 Å². The van der Waals surface area contributed by atoms with Gasteiger partial charge in [-0.25, -0.2) is 4.98 Å². The van der Waals surface area contributed by atoms with E-state index in [9.17, 15) is 4.79 Å². The van der Waals surface area contributed by atoms with Crippen molar-refractivity contribution >= 4 is 21.8 Å². The van der Waals surface area contributed by atoms with Crippen LogP contribution in [0.1, 0.15) is 31.7 Å². The fourth-order valence-corrected chi connectivity index (χ4v) is 3.95. The molecule has 0 spiro atoms. The minimum absolute atomic E-state index is 0.0787. The number of fused-ring (bicyclic) bond motifs is 2. The lowest BCUT2D eigenvalue weighted by Crippen LogP contribution is -2.22. The molecule has 0 amide bonds. The Balaban J connectivity index is 1.78. The summed E-state index contributed by atoms with van der Waals surface area (Å²) in [4.78, 5) is 23.0. The minimum atomic E-state index is -0.0787. The molecule has 3 aromatic carbocycles. The normalized spacial score (nSPS) is 12.3.